The van der Waals surface area contributed by atoms with E-state index >= 15 is 0 Å². The van der Waals surface area contributed by atoms with Crippen LogP contribution < -0.4 is 0 Å². The van der Waals surface area contributed by atoms with E-state index in [-0.39, 0.29) is 18.1 Å². The topological polar surface area (TPSA) is 69.7 Å². The molecule has 0 aromatic heterocycles. The van der Waals surface area contributed by atoms with Crippen molar-refractivity contribution in [2.24, 2.45) is 5.92 Å². The number of hydrogen-bond acceptors (Lipinski definition) is 5. The molecular weight excluding hydrogens is 346 g/mol. The van der Waals surface area contributed by atoms with Crippen LogP contribution in [0.25, 0.3) is 0 Å². The highest BCUT2D eigenvalue weighted by molar-refractivity contribution is 8.13. The molecule has 1 heterocycles. The smallest absolute Gasteiger partial charge is 0.339 e. The van der Waals surface area contributed by atoms with Gasteiger partial charge in [-0.25, -0.2) is 17.6 Å². The Balaban J connectivity index is 2.21. The molecule has 0 aliphatic carbocycles. The second-order valence-corrected chi connectivity index (χ2v) is 7.48. The molecule has 1 aromatic carbocycles. The molecule has 0 saturated carbocycles. The first-order valence-corrected chi connectivity index (χ1v) is 8.66. The van der Waals surface area contributed by atoms with Crippen molar-refractivity contribution in [3.05, 3.63) is 28.5 Å². The Morgan fingerprint density at radius 2 is 2.19 bits per heavy atom. The van der Waals surface area contributed by atoms with Crippen LogP contribution in [-0.4, -0.2) is 34.2 Å². The normalized spacial score (nSPS) is 18.7. The average molecular weight is 357 g/mol. The number of hydrogen-bond donors (Lipinski definition) is 0. The fourth-order valence-corrected chi connectivity index (χ4v) is 2.80. The number of benzene rings is 1. The fourth-order valence-electron chi connectivity index (χ4n) is 1.84. The summed E-state index contributed by atoms with van der Waals surface area (Å²) >= 11 is 5.67. The second kappa shape index (κ2) is 6.48. The first kappa shape index (κ1) is 16.5. The monoisotopic (exact) mass is 356 g/mol. The Morgan fingerprint density at radius 1 is 1.48 bits per heavy atom. The molecule has 21 heavy (non-hydrogen) atoms. The summed E-state index contributed by atoms with van der Waals surface area (Å²) in [6.07, 6.45) is 0.755. The van der Waals surface area contributed by atoms with Gasteiger partial charge in [0, 0.05) is 23.2 Å². The van der Waals surface area contributed by atoms with Crippen LogP contribution in [0.1, 0.15) is 16.8 Å². The van der Waals surface area contributed by atoms with Crippen LogP contribution in [0.3, 0.4) is 0 Å². The second-order valence-electron chi connectivity index (χ2n) is 4.53. The summed E-state index contributed by atoms with van der Waals surface area (Å²) < 4.78 is 46.2. The van der Waals surface area contributed by atoms with Gasteiger partial charge in [0.25, 0.3) is 9.05 Å². The van der Waals surface area contributed by atoms with E-state index in [1.54, 1.807) is 0 Å². The number of carbonyl (C=O) groups excluding carboxylic acids is 1. The molecule has 1 aromatic rings. The minimum absolute atomic E-state index is 0.0671. The van der Waals surface area contributed by atoms with Crippen molar-refractivity contribution in [1.82, 2.24) is 0 Å². The van der Waals surface area contributed by atoms with Gasteiger partial charge in [0.1, 0.15) is 5.82 Å². The van der Waals surface area contributed by atoms with E-state index in [1.165, 1.54) is 0 Å². The van der Waals surface area contributed by atoms with Gasteiger partial charge in [-0.15, -0.1) is 0 Å². The molecule has 1 fully saturated rings. The number of halogens is 3. The lowest BCUT2D eigenvalue weighted by molar-refractivity contribution is 0.0427. The van der Waals surface area contributed by atoms with Gasteiger partial charge < -0.3 is 9.47 Å². The van der Waals surface area contributed by atoms with Gasteiger partial charge in [-0.1, -0.05) is 11.6 Å². The maximum atomic E-state index is 13.6. The van der Waals surface area contributed by atoms with Crippen molar-refractivity contribution in [2.45, 2.75) is 11.3 Å². The third kappa shape index (κ3) is 4.06. The first-order chi connectivity index (χ1) is 9.79. The lowest BCUT2D eigenvalue weighted by Gasteiger charge is -2.11. The van der Waals surface area contributed by atoms with Crippen LogP contribution in [0, 0.1) is 11.7 Å². The maximum Gasteiger partial charge on any atom is 0.339 e. The summed E-state index contributed by atoms with van der Waals surface area (Å²) in [6.45, 7) is 1.16. The number of ether oxygens (including phenoxy) is 2. The summed E-state index contributed by atoms with van der Waals surface area (Å²) in [6, 6.07) is 1.54. The zero-order valence-electron chi connectivity index (χ0n) is 10.6. The average Bonchev–Trinajstić information content (AvgIpc) is 2.91. The van der Waals surface area contributed by atoms with Gasteiger partial charge >= 0.3 is 5.97 Å². The molecule has 9 heteroatoms. The highest BCUT2D eigenvalue weighted by atomic mass is 35.7. The highest BCUT2D eigenvalue weighted by Crippen LogP contribution is 2.27. The molecular formula is C12H11Cl2FO5S. The van der Waals surface area contributed by atoms with Gasteiger partial charge in [0.2, 0.25) is 0 Å². The van der Waals surface area contributed by atoms with Crippen molar-refractivity contribution < 1.29 is 27.1 Å². The van der Waals surface area contributed by atoms with Crippen LogP contribution in [0.5, 0.6) is 0 Å². The van der Waals surface area contributed by atoms with Crippen molar-refractivity contribution in [3.8, 4) is 0 Å². The zero-order chi connectivity index (χ0) is 15.6. The molecule has 0 spiro atoms. The van der Waals surface area contributed by atoms with E-state index in [9.17, 15) is 17.6 Å². The number of esters is 1. The van der Waals surface area contributed by atoms with E-state index in [4.69, 9.17) is 31.8 Å². The molecule has 0 amide bonds. The standard InChI is InChI=1S/C12H11Cl2FO5S/c13-11-9(3-8(4-10(11)15)21(14,17)18)12(16)20-6-7-1-2-19-5-7/h3-4,7H,1-2,5-6H2. The van der Waals surface area contributed by atoms with Crippen LogP contribution in [0.15, 0.2) is 17.0 Å². The van der Waals surface area contributed by atoms with E-state index in [1.807, 2.05) is 0 Å². The van der Waals surface area contributed by atoms with Gasteiger partial charge in [-0.3, -0.25) is 0 Å². The SMILES string of the molecule is O=C(OCC1CCOC1)c1cc(S(=O)(=O)Cl)cc(F)c1Cl. The Hall–Kier alpha value is -0.890. The summed E-state index contributed by atoms with van der Waals surface area (Å²) in [5.74, 6) is -1.90. The molecule has 1 aliphatic rings. The van der Waals surface area contributed by atoms with Crippen LogP contribution in [0.4, 0.5) is 4.39 Å². The zero-order valence-corrected chi connectivity index (χ0v) is 13.0. The van der Waals surface area contributed by atoms with E-state index in [0.29, 0.717) is 19.3 Å². The van der Waals surface area contributed by atoms with Crippen molar-refractivity contribution >= 4 is 37.3 Å². The maximum absolute atomic E-state index is 13.6. The Labute approximate surface area is 130 Å². The number of rotatable bonds is 4. The Kier molecular flexibility index (Phi) is 5.08. The first-order valence-electron chi connectivity index (χ1n) is 5.97. The van der Waals surface area contributed by atoms with Crippen LogP contribution in [-0.2, 0) is 18.5 Å². The summed E-state index contributed by atoms with van der Waals surface area (Å²) in [5.41, 5.74) is -0.380. The molecule has 1 saturated heterocycles. The minimum Gasteiger partial charge on any atom is -0.462 e. The number of carbonyl (C=O) groups is 1. The van der Waals surface area contributed by atoms with Gasteiger partial charge in [0.05, 0.1) is 28.7 Å². The largest absolute Gasteiger partial charge is 0.462 e. The summed E-state index contributed by atoms with van der Waals surface area (Å²) in [7, 11) is 0.951. The van der Waals surface area contributed by atoms with Gasteiger partial charge in [-0.2, -0.15) is 0 Å². The van der Waals surface area contributed by atoms with E-state index in [0.717, 1.165) is 12.5 Å². The summed E-state index contributed by atoms with van der Waals surface area (Å²) in [4.78, 5) is 11.3. The molecule has 5 nitrogen and oxygen atoms in total. The lowest BCUT2D eigenvalue weighted by atomic mass is 10.1. The Bertz CT molecular complexity index is 656. The molecule has 116 valence electrons. The third-order valence-electron chi connectivity index (χ3n) is 2.98. The minimum atomic E-state index is -4.18. The third-order valence-corrected chi connectivity index (χ3v) is 4.69. The fraction of sp³-hybridized carbons (Fsp3) is 0.417. The van der Waals surface area contributed by atoms with E-state index in [2.05, 4.69) is 0 Å². The molecule has 1 atom stereocenters. The molecule has 0 bridgehead atoms. The molecule has 0 radical (unpaired) electrons. The molecule has 0 N–H and O–H groups in total. The highest BCUT2D eigenvalue weighted by Gasteiger charge is 2.23. The quantitative estimate of drug-likeness (QED) is 0.612. The molecule has 1 unspecified atom stereocenters. The molecule has 1 aliphatic heterocycles. The van der Waals surface area contributed by atoms with Crippen LogP contribution >= 0.6 is 22.3 Å². The molecule has 2 rings (SSSR count). The lowest BCUT2D eigenvalue weighted by Crippen LogP contribution is -2.15. The van der Waals surface area contributed by atoms with Gasteiger partial charge in [0.15, 0.2) is 0 Å². The Morgan fingerprint density at radius 3 is 2.76 bits per heavy atom. The van der Waals surface area contributed by atoms with Crippen molar-refractivity contribution in [2.75, 3.05) is 19.8 Å². The van der Waals surface area contributed by atoms with E-state index < -0.39 is 30.8 Å². The van der Waals surface area contributed by atoms with Crippen molar-refractivity contribution in [3.63, 3.8) is 0 Å². The van der Waals surface area contributed by atoms with Gasteiger partial charge in [-0.05, 0) is 18.6 Å². The van der Waals surface area contributed by atoms with Crippen molar-refractivity contribution in [1.29, 1.82) is 0 Å². The summed E-state index contributed by atoms with van der Waals surface area (Å²) in [5, 5.41) is -0.508. The predicted molar refractivity (Wildman–Crippen MR) is 73.7 cm³/mol. The predicted octanol–water partition coefficient (Wildman–Crippen LogP) is 2.60. The van der Waals surface area contributed by atoms with Crippen LogP contribution in [0.2, 0.25) is 5.02 Å².